The van der Waals surface area contributed by atoms with E-state index in [0.717, 1.165) is 4.68 Å². The third kappa shape index (κ3) is 3.04. The molecule has 0 fully saturated rings. The van der Waals surface area contributed by atoms with E-state index in [0.29, 0.717) is 5.75 Å². The molecule has 1 aromatic rings. The second kappa shape index (κ2) is 5.02. The Morgan fingerprint density at radius 3 is 2.93 bits per heavy atom. The zero-order valence-corrected chi connectivity index (χ0v) is 8.58. The Labute approximate surface area is 84.7 Å². The Kier molecular flexibility index (Phi) is 3.97. The molecule has 0 radical (unpaired) electrons. The van der Waals surface area contributed by atoms with Crippen molar-refractivity contribution in [1.29, 1.82) is 0 Å². The lowest BCUT2D eigenvalue weighted by atomic mass is 10.4. The van der Waals surface area contributed by atoms with Gasteiger partial charge in [0, 0.05) is 17.9 Å². The molecule has 1 rings (SSSR count). The summed E-state index contributed by atoms with van der Waals surface area (Å²) < 4.78 is 1.11. The van der Waals surface area contributed by atoms with Crippen molar-refractivity contribution in [3.8, 4) is 0 Å². The molecule has 14 heavy (non-hydrogen) atoms. The summed E-state index contributed by atoms with van der Waals surface area (Å²) in [5, 5.41) is 11.8. The van der Waals surface area contributed by atoms with Gasteiger partial charge < -0.3 is 5.11 Å². The lowest BCUT2D eigenvalue weighted by molar-refractivity contribution is 0.170. The van der Waals surface area contributed by atoms with Crippen LogP contribution in [0.2, 0.25) is 0 Å². The highest BCUT2D eigenvalue weighted by molar-refractivity contribution is 7.98. The van der Waals surface area contributed by atoms with Crippen LogP contribution in [0, 0.1) is 0 Å². The van der Waals surface area contributed by atoms with Crippen molar-refractivity contribution in [3.63, 3.8) is 0 Å². The van der Waals surface area contributed by atoms with E-state index in [1.807, 2.05) is 6.26 Å². The van der Waals surface area contributed by atoms with Gasteiger partial charge in [-0.25, -0.2) is 4.68 Å². The topological polar surface area (TPSA) is 75.1 Å². The van der Waals surface area contributed by atoms with Crippen molar-refractivity contribution in [1.82, 2.24) is 9.78 Å². The number of aliphatic hydroxyl groups is 1. The van der Waals surface area contributed by atoms with Gasteiger partial charge in [-0.2, -0.15) is 11.8 Å². The molecule has 78 valence electrons. The van der Waals surface area contributed by atoms with E-state index in [-0.39, 0.29) is 17.7 Å². The maximum Gasteiger partial charge on any atom is 0.265 e. The molecular weight excluding hydrogens is 204 g/mol. The number of aromatic amines is 1. The molecule has 6 heteroatoms. The van der Waals surface area contributed by atoms with E-state index < -0.39 is 6.10 Å². The second-order valence-corrected chi connectivity index (χ2v) is 3.78. The lowest BCUT2D eigenvalue weighted by Gasteiger charge is -2.09. The van der Waals surface area contributed by atoms with Crippen LogP contribution in [0.3, 0.4) is 0 Å². The van der Waals surface area contributed by atoms with E-state index in [2.05, 4.69) is 5.10 Å². The minimum absolute atomic E-state index is 0.121. The number of aliphatic hydroxyl groups excluding tert-OH is 1. The summed E-state index contributed by atoms with van der Waals surface area (Å²) in [6, 6.07) is 2.35. The van der Waals surface area contributed by atoms with E-state index in [1.165, 1.54) is 23.9 Å². The summed E-state index contributed by atoms with van der Waals surface area (Å²) in [7, 11) is 0. The Hall–Kier alpha value is -1.01. The van der Waals surface area contributed by atoms with Crippen molar-refractivity contribution >= 4 is 11.8 Å². The number of H-pyrrole nitrogens is 1. The zero-order chi connectivity index (χ0) is 10.6. The highest BCUT2D eigenvalue weighted by atomic mass is 32.2. The van der Waals surface area contributed by atoms with Gasteiger partial charge >= 0.3 is 0 Å². The van der Waals surface area contributed by atoms with Crippen LogP contribution >= 0.6 is 11.8 Å². The summed E-state index contributed by atoms with van der Waals surface area (Å²) in [4.78, 5) is 22.1. The third-order valence-corrected chi connectivity index (χ3v) is 2.36. The molecule has 0 aliphatic carbocycles. The molecule has 0 saturated carbocycles. The molecule has 1 aromatic heterocycles. The van der Waals surface area contributed by atoms with Gasteiger partial charge in [-0.1, -0.05) is 0 Å². The summed E-state index contributed by atoms with van der Waals surface area (Å²) in [5.41, 5.74) is -0.661. The molecule has 0 bridgehead atoms. The summed E-state index contributed by atoms with van der Waals surface area (Å²) in [6.07, 6.45) is 1.24. The van der Waals surface area contributed by atoms with Crippen LogP contribution in [0.4, 0.5) is 0 Å². The first-order valence-electron chi connectivity index (χ1n) is 4.10. The maximum absolute atomic E-state index is 11.2. The van der Waals surface area contributed by atoms with Crippen LogP contribution in [0.15, 0.2) is 21.7 Å². The molecule has 2 N–H and O–H groups in total. The van der Waals surface area contributed by atoms with Crippen molar-refractivity contribution in [2.75, 3.05) is 12.0 Å². The normalized spacial score (nSPS) is 12.7. The molecule has 0 aromatic carbocycles. The predicted molar refractivity (Wildman–Crippen MR) is 55.7 cm³/mol. The van der Waals surface area contributed by atoms with Crippen molar-refractivity contribution < 1.29 is 5.11 Å². The number of rotatable bonds is 4. The summed E-state index contributed by atoms with van der Waals surface area (Å²) in [5.74, 6) is 0.531. The van der Waals surface area contributed by atoms with Crippen molar-refractivity contribution in [3.05, 3.63) is 32.8 Å². The Morgan fingerprint density at radius 1 is 1.57 bits per heavy atom. The van der Waals surface area contributed by atoms with E-state index in [1.54, 1.807) is 0 Å². The Balaban J connectivity index is 2.80. The van der Waals surface area contributed by atoms with Gasteiger partial charge in [0.25, 0.3) is 11.1 Å². The zero-order valence-electron chi connectivity index (χ0n) is 7.77. The number of nitrogens with one attached hydrogen (secondary N) is 1. The average molecular weight is 216 g/mol. The van der Waals surface area contributed by atoms with Crippen LogP contribution in [0.5, 0.6) is 0 Å². The van der Waals surface area contributed by atoms with Crippen LogP contribution in [0.25, 0.3) is 0 Å². The van der Waals surface area contributed by atoms with Gasteiger partial charge in [0.15, 0.2) is 0 Å². The largest absolute Gasteiger partial charge is 0.390 e. The van der Waals surface area contributed by atoms with Crippen LogP contribution in [0.1, 0.15) is 0 Å². The molecule has 0 saturated heterocycles. The number of nitrogens with zero attached hydrogens (tertiary/aromatic N) is 1. The Morgan fingerprint density at radius 2 is 2.29 bits per heavy atom. The third-order valence-electron chi connectivity index (χ3n) is 1.64. The van der Waals surface area contributed by atoms with E-state index in [4.69, 9.17) is 0 Å². The lowest BCUT2D eigenvalue weighted by Crippen LogP contribution is -2.33. The molecule has 1 atom stereocenters. The predicted octanol–water partition coefficient (Wildman–Crippen LogP) is -0.740. The van der Waals surface area contributed by atoms with Crippen molar-refractivity contribution in [2.24, 2.45) is 0 Å². The van der Waals surface area contributed by atoms with Crippen LogP contribution in [-0.2, 0) is 6.54 Å². The fourth-order valence-electron chi connectivity index (χ4n) is 1.05. The SMILES string of the molecule is CSC[C@@H](O)Cn1[nH]c(=O)ccc1=O. The molecule has 0 amide bonds. The van der Waals surface area contributed by atoms with Gasteiger partial charge in [0.05, 0.1) is 12.6 Å². The maximum atomic E-state index is 11.2. The number of thioether (sulfide) groups is 1. The number of hydrogen-bond acceptors (Lipinski definition) is 4. The highest BCUT2D eigenvalue weighted by Crippen LogP contribution is 1.97. The summed E-state index contributed by atoms with van der Waals surface area (Å²) >= 11 is 1.48. The second-order valence-electron chi connectivity index (χ2n) is 2.87. The number of hydrogen-bond donors (Lipinski definition) is 2. The van der Waals surface area contributed by atoms with Gasteiger partial charge in [0.2, 0.25) is 0 Å². The smallest absolute Gasteiger partial charge is 0.265 e. The molecule has 0 aliphatic heterocycles. The fraction of sp³-hybridized carbons (Fsp3) is 0.500. The minimum Gasteiger partial charge on any atom is -0.390 e. The molecule has 0 aliphatic rings. The van der Waals surface area contributed by atoms with Crippen LogP contribution < -0.4 is 11.1 Å². The fourth-order valence-corrected chi connectivity index (χ4v) is 1.54. The molecular formula is C8H12N2O3S. The first kappa shape index (κ1) is 11.1. The van der Waals surface area contributed by atoms with Gasteiger partial charge in [-0.15, -0.1) is 0 Å². The molecule has 0 unspecified atom stereocenters. The van der Waals surface area contributed by atoms with Crippen molar-refractivity contribution in [2.45, 2.75) is 12.6 Å². The Bertz CT molecular complexity index is 398. The monoisotopic (exact) mass is 216 g/mol. The van der Waals surface area contributed by atoms with Gasteiger partial charge in [-0.3, -0.25) is 14.7 Å². The first-order chi connectivity index (χ1) is 6.63. The molecule has 5 nitrogen and oxygen atoms in total. The van der Waals surface area contributed by atoms with E-state index in [9.17, 15) is 14.7 Å². The molecule has 0 spiro atoms. The quantitative estimate of drug-likeness (QED) is 0.695. The number of aromatic nitrogens is 2. The minimum atomic E-state index is -0.624. The molecule has 1 heterocycles. The standard InChI is InChI=1S/C8H12N2O3S/c1-14-5-6(11)4-10-8(13)3-2-7(12)9-10/h2-3,6,11H,4-5H2,1H3,(H,9,12)/t6-/m0/s1. The van der Waals surface area contributed by atoms with E-state index >= 15 is 0 Å². The van der Waals surface area contributed by atoms with Gasteiger partial charge in [-0.05, 0) is 6.26 Å². The highest BCUT2D eigenvalue weighted by Gasteiger charge is 2.05. The first-order valence-corrected chi connectivity index (χ1v) is 5.50. The average Bonchev–Trinajstić information content (AvgIpc) is 2.12. The summed E-state index contributed by atoms with van der Waals surface area (Å²) in [6.45, 7) is 0.121. The van der Waals surface area contributed by atoms with Gasteiger partial charge in [0.1, 0.15) is 0 Å². The van der Waals surface area contributed by atoms with Crippen LogP contribution in [-0.4, -0.2) is 33.0 Å².